The van der Waals surface area contributed by atoms with Gasteiger partial charge in [0, 0.05) is 13.1 Å². The average molecular weight is 497 g/mol. The maximum atomic E-state index is 13.0. The maximum Gasteiger partial charge on any atom is 0.338 e. The molecule has 184 valence electrons. The highest BCUT2D eigenvalue weighted by molar-refractivity contribution is 7.89. The molecule has 1 aliphatic rings. The third-order valence-corrected chi connectivity index (χ3v) is 8.00. The Morgan fingerprint density at radius 3 is 2.49 bits per heavy atom. The average Bonchev–Trinajstić information content (AvgIpc) is 3.42. The van der Waals surface area contributed by atoms with Crippen LogP contribution in [0.25, 0.3) is 10.8 Å². The first kappa shape index (κ1) is 24.7. The molecule has 1 N–H and O–H groups in total. The molecule has 35 heavy (non-hydrogen) atoms. The van der Waals surface area contributed by atoms with Gasteiger partial charge in [0.1, 0.15) is 10.6 Å². The molecule has 1 aliphatic heterocycles. The van der Waals surface area contributed by atoms with E-state index < -0.39 is 28.5 Å². The molecule has 9 heteroatoms. The number of esters is 1. The summed E-state index contributed by atoms with van der Waals surface area (Å²) in [7, 11) is -2.44. The zero-order valence-corrected chi connectivity index (χ0v) is 20.5. The molecule has 0 radical (unpaired) electrons. The van der Waals surface area contributed by atoms with Crippen LogP contribution in [0.3, 0.4) is 0 Å². The van der Waals surface area contributed by atoms with E-state index in [0.717, 1.165) is 29.2 Å². The Bertz CT molecular complexity index is 1340. The van der Waals surface area contributed by atoms with Crippen LogP contribution in [-0.2, 0) is 19.6 Å². The fourth-order valence-electron chi connectivity index (χ4n) is 4.28. The molecule has 4 rings (SSSR count). The van der Waals surface area contributed by atoms with Gasteiger partial charge < -0.3 is 14.8 Å². The van der Waals surface area contributed by atoms with Crippen molar-refractivity contribution in [2.75, 3.05) is 26.8 Å². The molecule has 1 unspecified atom stereocenters. The number of nitrogens with zero attached hydrogens (tertiary/aromatic N) is 1. The standard InChI is InChI=1S/C26H28N2O6S/c1-18(21-11-7-9-19-8-3-4-10-22(19)21)27-25(29)17-34-26(30)20-12-13-23(33-2)24(16-20)35(31,32)28-14-5-6-15-28/h3-4,7-13,16,18H,5-6,14-15,17H2,1-2H3,(H,27,29). The molecule has 1 atom stereocenters. The summed E-state index contributed by atoms with van der Waals surface area (Å²) in [5.41, 5.74) is 0.980. The number of ether oxygens (including phenoxy) is 2. The minimum absolute atomic E-state index is 0.0264. The van der Waals surface area contributed by atoms with E-state index in [0.29, 0.717) is 13.1 Å². The highest BCUT2D eigenvalue weighted by atomic mass is 32.2. The molecule has 1 fully saturated rings. The van der Waals surface area contributed by atoms with E-state index in [1.165, 1.54) is 29.6 Å². The number of amides is 1. The van der Waals surface area contributed by atoms with Crippen LogP contribution >= 0.6 is 0 Å². The molecule has 1 amide bonds. The summed E-state index contributed by atoms with van der Waals surface area (Å²) >= 11 is 0. The van der Waals surface area contributed by atoms with Gasteiger partial charge in [-0.15, -0.1) is 0 Å². The number of sulfonamides is 1. The van der Waals surface area contributed by atoms with Crippen molar-refractivity contribution < 1.29 is 27.5 Å². The fourth-order valence-corrected chi connectivity index (χ4v) is 5.97. The number of hydrogen-bond donors (Lipinski definition) is 1. The van der Waals surface area contributed by atoms with Crippen LogP contribution in [0.2, 0.25) is 0 Å². The third kappa shape index (κ3) is 5.31. The largest absolute Gasteiger partial charge is 0.495 e. The second-order valence-corrected chi connectivity index (χ2v) is 10.3. The molecule has 3 aromatic rings. The van der Waals surface area contributed by atoms with E-state index in [1.807, 2.05) is 49.4 Å². The van der Waals surface area contributed by atoms with E-state index in [9.17, 15) is 18.0 Å². The van der Waals surface area contributed by atoms with Gasteiger partial charge in [-0.25, -0.2) is 13.2 Å². The van der Waals surface area contributed by atoms with E-state index in [4.69, 9.17) is 9.47 Å². The Morgan fingerprint density at radius 2 is 1.74 bits per heavy atom. The van der Waals surface area contributed by atoms with Gasteiger partial charge in [0.2, 0.25) is 10.0 Å². The summed E-state index contributed by atoms with van der Waals surface area (Å²) in [5.74, 6) is -1.11. The van der Waals surface area contributed by atoms with Gasteiger partial charge in [-0.1, -0.05) is 42.5 Å². The second kappa shape index (κ2) is 10.5. The zero-order chi connectivity index (χ0) is 25.0. The molecule has 0 spiro atoms. The lowest BCUT2D eigenvalue weighted by Crippen LogP contribution is -2.31. The Hall–Kier alpha value is -3.43. The predicted molar refractivity (Wildman–Crippen MR) is 132 cm³/mol. The summed E-state index contributed by atoms with van der Waals surface area (Å²) in [5, 5.41) is 4.95. The summed E-state index contributed by atoms with van der Waals surface area (Å²) in [4.78, 5) is 25.0. The number of hydrogen-bond acceptors (Lipinski definition) is 6. The van der Waals surface area contributed by atoms with Gasteiger partial charge in [0.15, 0.2) is 6.61 Å². The van der Waals surface area contributed by atoms with E-state index in [1.54, 1.807) is 0 Å². The lowest BCUT2D eigenvalue weighted by Gasteiger charge is -2.18. The van der Waals surface area contributed by atoms with Crippen molar-refractivity contribution in [2.45, 2.75) is 30.7 Å². The topological polar surface area (TPSA) is 102 Å². The Morgan fingerprint density at radius 1 is 1.03 bits per heavy atom. The van der Waals surface area contributed by atoms with Crippen LogP contribution in [0.5, 0.6) is 5.75 Å². The molecule has 1 saturated heterocycles. The first-order valence-electron chi connectivity index (χ1n) is 11.4. The number of nitrogens with one attached hydrogen (secondary N) is 1. The first-order chi connectivity index (χ1) is 16.8. The Labute approximate surface area is 204 Å². The van der Waals surface area contributed by atoms with Gasteiger partial charge >= 0.3 is 5.97 Å². The lowest BCUT2D eigenvalue weighted by molar-refractivity contribution is -0.124. The van der Waals surface area contributed by atoms with Gasteiger partial charge in [0.25, 0.3) is 5.91 Å². The van der Waals surface area contributed by atoms with Gasteiger partial charge in [0.05, 0.1) is 18.7 Å². The fraction of sp³-hybridized carbons (Fsp3) is 0.308. The van der Waals surface area contributed by atoms with Crippen molar-refractivity contribution in [2.24, 2.45) is 0 Å². The normalized spacial score (nSPS) is 15.0. The quantitative estimate of drug-likeness (QED) is 0.478. The molecule has 3 aromatic carbocycles. The Kier molecular flexibility index (Phi) is 7.37. The first-order valence-corrected chi connectivity index (χ1v) is 12.9. The molecule has 8 nitrogen and oxygen atoms in total. The maximum absolute atomic E-state index is 13.0. The van der Waals surface area contributed by atoms with Crippen LogP contribution in [0, 0.1) is 0 Å². The number of rotatable bonds is 8. The number of carbonyl (C=O) groups is 2. The van der Waals surface area contributed by atoms with Gasteiger partial charge in [-0.2, -0.15) is 4.31 Å². The van der Waals surface area contributed by atoms with Crippen LogP contribution in [0.15, 0.2) is 65.6 Å². The summed E-state index contributed by atoms with van der Waals surface area (Å²) in [6.45, 7) is 2.22. The van der Waals surface area contributed by atoms with Crippen molar-refractivity contribution in [3.63, 3.8) is 0 Å². The van der Waals surface area contributed by atoms with Crippen LogP contribution < -0.4 is 10.1 Å². The van der Waals surface area contributed by atoms with Crippen LogP contribution in [-0.4, -0.2) is 51.4 Å². The number of carbonyl (C=O) groups excluding carboxylic acids is 2. The number of fused-ring (bicyclic) bond motifs is 1. The zero-order valence-electron chi connectivity index (χ0n) is 19.7. The molecular formula is C26H28N2O6S. The minimum Gasteiger partial charge on any atom is -0.495 e. The number of benzene rings is 3. The Balaban J connectivity index is 1.43. The van der Waals surface area contributed by atoms with Crippen molar-refractivity contribution in [3.05, 3.63) is 71.8 Å². The van der Waals surface area contributed by atoms with E-state index in [-0.39, 0.29) is 22.3 Å². The van der Waals surface area contributed by atoms with Crippen molar-refractivity contribution >= 4 is 32.7 Å². The van der Waals surface area contributed by atoms with Crippen LogP contribution in [0.1, 0.15) is 41.7 Å². The lowest BCUT2D eigenvalue weighted by atomic mass is 10.00. The smallest absolute Gasteiger partial charge is 0.338 e. The SMILES string of the molecule is COc1ccc(C(=O)OCC(=O)NC(C)c2cccc3ccccc23)cc1S(=O)(=O)N1CCCC1. The summed E-state index contributed by atoms with van der Waals surface area (Å²) in [6, 6.07) is 17.5. The van der Waals surface area contributed by atoms with Crippen LogP contribution in [0.4, 0.5) is 0 Å². The molecule has 0 bridgehead atoms. The highest BCUT2D eigenvalue weighted by Crippen LogP contribution is 2.30. The van der Waals surface area contributed by atoms with Crippen molar-refractivity contribution in [1.82, 2.24) is 9.62 Å². The van der Waals surface area contributed by atoms with Crippen molar-refractivity contribution in [3.8, 4) is 5.75 Å². The monoisotopic (exact) mass is 496 g/mol. The van der Waals surface area contributed by atoms with Gasteiger partial charge in [-0.3, -0.25) is 4.79 Å². The predicted octanol–water partition coefficient (Wildman–Crippen LogP) is 3.67. The molecule has 0 aromatic heterocycles. The molecule has 1 heterocycles. The van der Waals surface area contributed by atoms with Gasteiger partial charge in [-0.05, 0) is 54.3 Å². The summed E-state index contributed by atoms with van der Waals surface area (Å²) in [6.07, 6.45) is 1.57. The molecular weight excluding hydrogens is 468 g/mol. The third-order valence-electron chi connectivity index (χ3n) is 6.08. The molecule has 0 aliphatic carbocycles. The van der Waals surface area contributed by atoms with E-state index in [2.05, 4.69) is 5.32 Å². The van der Waals surface area contributed by atoms with Crippen molar-refractivity contribution in [1.29, 1.82) is 0 Å². The summed E-state index contributed by atoms with van der Waals surface area (Å²) < 4.78 is 37.8. The minimum atomic E-state index is -3.81. The highest BCUT2D eigenvalue weighted by Gasteiger charge is 2.31. The second-order valence-electron chi connectivity index (χ2n) is 8.41. The van der Waals surface area contributed by atoms with E-state index >= 15 is 0 Å². The number of methoxy groups -OCH3 is 1. The molecule has 0 saturated carbocycles.